The minimum Gasteiger partial charge on any atom is -0.0616 e. The van der Waals surface area contributed by atoms with E-state index in [1.807, 2.05) is 0 Å². The Morgan fingerprint density at radius 2 is 0.750 bits per heavy atom. The van der Waals surface area contributed by atoms with Crippen LogP contribution in [0, 0.1) is 0 Å². The van der Waals surface area contributed by atoms with Gasteiger partial charge in [0.1, 0.15) is 0 Å². The van der Waals surface area contributed by atoms with Gasteiger partial charge in [-0.25, -0.2) is 0 Å². The van der Waals surface area contributed by atoms with E-state index in [0.29, 0.717) is 16.7 Å². The van der Waals surface area contributed by atoms with E-state index in [9.17, 15) is 6.85 Å². The molecule has 0 spiro atoms. The third-order valence-corrected chi connectivity index (χ3v) is 8.28. The molecule has 0 radical (unpaired) electrons. The molecule has 0 aliphatic rings. The Morgan fingerprint density at radius 1 is 0.318 bits per heavy atom. The lowest BCUT2D eigenvalue weighted by molar-refractivity contribution is 1.59. The Morgan fingerprint density at radius 3 is 1.34 bits per heavy atom. The first-order chi connectivity index (χ1) is 29.3. The Labute approximate surface area is 280 Å². The summed E-state index contributed by atoms with van der Waals surface area (Å²) in [6.45, 7) is 0. The summed E-state index contributed by atoms with van der Waals surface area (Å²) < 4.78 is 161. The van der Waals surface area contributed by atoms with Crippen molar-refractivity contribution in [2.75, 3.05) is 0 Å². The summed E-state index contributed by atoms with van der Waals surface area (Å²) in [5.41, 5.74) is 1.53. The van der Waals surface area contributed by atoms with E-state index in [2.05, 4.69) is 0 Å². The van der Waals surface area contributed by atoms with Gasteiger partial charge in [0.25, 0.3) is 0 Å². The van der Waals surface area contributed by atoms with Crippen molar-refractivity contribution in [3.63, 3.8) is 0 Å². The molecule has 10 aromatic carbocycles. The molecule has 44 heavy (non-hydrogen) atoms. The van der Waals surface area contributed by atoms with E-state index < -0.39 is 109 Å². The number of hydrogen-bond acceptors (Lipinski definition) is 0. The van der Waals surface area contributed by atoms with Gasteiger partial charge >= 0.3 is 0 Å². The van der Waals surface area contributed by atoms with Crippen molar-refractivity contribution >= 4 is 64.6 Å². The van der Waals surface area contributed by atoms with Crippen LogP contribution in [0.4, 0.5) is 0 Å². The lowest BCUT2D eigenvalue weighted by Crippen LogP contribution is -1.90. The van der Waals surface area contributed by atoms with Crippen LogP contribution in [0.5, 0.6) is 0 Å². The average Bonchev–Trinajstić information content (AvgIpc) is 3.25. The van der Waals surface area contributed by atoms with Crippen LogP contribution < -0.4 is 0 Å². The number of rotatable bonds is 3. The Bertz CT molecular complexity index is 3680. The third kappa shape index (κ3) is 3.28. The van der Waals surface area contributed by atoms with E-state index in [1.54, 1.807) is 48.5 Å². The van der Waals surface area contributed by atoms with Crippen LogP contribution in [0.2, 0.25) is 0 Å². The van der Waals surface area contributed by atoms with Crippen LogP contribution in [-0.2, 0) is 0 Å². The van der Waals surface area contributed by atoms with Gasteiger partial charge in [-0.2, -0.15) is 0 Å². The van der Waals surface area contributed by atoms with E-state index in [4.69, 9.17) is 17.8 Å². The predicted molar refractivity (Wildman–Crippen MR) is 190 cm³/mol. The minimum absolute atomic E-state index is 0.0156. The molecule has 0 aliphatic heterocycles. The maximum atomic E-state index is 9.38. The first kappa shape index (κ1) is 12.5. The fraction of sp³-hybridized carbons (Fsp3) is 0. The third-order valence-electron chi connectivity index (χ3n) is 8.28. The standard InChI is InChI=1S/C44H26/c1-2-13-37(38-23-19-32-17-15-28-7-4-9-30-21-25-40(38)44(32)42(28)30)35(12-1)33-10-5-11-34(26-33)36-22-18-31-16-14-27-6-3-8-29-20-24-39(36)43(31)41(27)29/h1-26H/i3D,4D,6D,7D,8D,9D,14D,15D,16D,17D,18D,19D,20D,21D,22D,23D,24D,25D. The highest BCUT2D eigenvalue weighted by molar-refractivity contribution is 6.27. The van der Waals surface area contributed by atoms with Crippen LogP contribution in [-0.4, -0.2) is 0 Å². The highest BCUT2D eigenvalue weighted by atomic mass is 14.2. The normalized spacial score (nSPS) is 17.8. The Balaban J connectivity index is 1.31. The summed E-state index contributed by atoms with van der Waals surface area (Å²) in [6, 6.07) is 4.60. The van der Waals surface area contributed by atoms with E-state index >= 15 is 0 Å². The van der Waals surface area contributed by atoms with Gasteiger partial charge < -0.3 is 0 Å². The highest BCUT2D eigenvalue weighted by Crippen LogP contribution is 2.43. The molecule has 0 heteroatoms. The van der Waals surface area contributed by atoms with Gasteiger partial charge in [0, 0.05) is 0 Å². The zero-order valence-corrected chi connectivity index (χ0v) is 22.6. The van der Waals surface area contributed by atoms with E-state index in [0.717, 1.165) is 0 Å². The molecule has 0 bridgehead atoms. The Kier molecular flexibility index (Phi) is 2.52. The van der Waals surface area contributed by atoms with Crippen molar-refractivity contribution in [3.05, 3.63) is 157 Å². The smallest absolute Gasteiger partial charge is 0.0616 e. The molecular formula is C44H26. The van der Waals surface area contributed by atoms with Crippen LogP contribution in [0.1, 0.15) is 24.7 Å². The topological polar surface area (TPSA) is 0 Å². The van der Waals surface area contributed by atoms with Crippen LogP contribution in [0.15, 0.2) is 157 Å². The minimum atomic E-state index is -0.575. The van der Waals surface area contributed by atoms with Crippen LogP contribution >= 0.6 is 0 Å². The van der Waals surface area contributed by atoms with E-state index in [-0.39, 0.29) is 81.3 Å². The maximum Gasteiger partial charge on any atom is 0.0630 e. The van der Waals surface area contributed by atoms with Crippen LogP contribution in [0.25, 0.3) is 98.0 Å². The number of benzene rings is 10. The lowest BCUT2D eigenvalue weighted by atomic mass is 9.86. The number of hydrogen-bond donors (Lipinski definition) is 0. The zero-order chi connectivity index (χ0) is 44.4. The molecule has 10 aromatic rings. The molecule has 0 unspecified atom stereocenters. The molecule has 10 rings (SSSR count). The molecule has 0 heterocycles. The van der Waals surface area contributed by atoms with Crippen LogP contribution in [0.3, 0.4) is 0 Å². The summed E-state index contributed by atoms with van der Waals surface area (Å²) in [6.07, 6.45) is 0. The average molecular weight is 573 g/mol. The second-order valence-electron chi connectivity index (χ2n) is 10.6. The van der Waals surface area contributed by atoms with Crippen molar-refractivity contribution in [3.8, 4) is 33.4 Å². The molecule has 0 N–H and O–H groups in total. The molecule has 0 fully saturated rings. The maximum absolute atomic E-state index is 9.38. The van der Waals surface area contributed by atoms with Gasteiger partial charge in [0.15, 0.2) is 0 Å². The summed E-state index contributed by atoms with van der Waals surface area (Å²) in [4.78, 5) is 0. The van der Waals surface area contributed by atoms with Crippen molar-refractivity contribution < 1.29 is 24.7 Å². The molecule has 0 saturated carbocycles. The van der Waals surface area contributed by atoms with Gasteiger partial charge in [-0.15, -0.1) is 0 Å². The fourth-order valence-corrected chi connectivity index (χ4v) is 6.34. The summed E-state index contributed by atoms with van der Waals surface area (Å²) in [7, 11) is 0. The first-order valence-electron chi connectivity index (χ1n) is 22.9. The molecule has 0 aromatic heterocycles. The van der Waals surface area contributed by atoms with Gasteiger partial charge in [-0.05, 0) is 104 Å². The second-order valence-corrected chi connectivity index (χ2v) is 10.6. The van der Waals surface area contributed by atoms with Crippen molar-refractivity contribution in [2.45, 2.75) is 0 Å². The lowest BCUT2D eigenvalue weighted by Gasteiger charge is -2.17. The molecular weight excluding hydrogens is 528 g/mol. The van der Waals surface area contributed by atoms with E-state index in [1.165, 1.54) is 0 Å². The van der Waals surface area contributed by atoms with Gasteiger partial charge in [-0.3, -0.25) is 0 Å². The summed E-state index contributed by atoms with van der Waals surface area (Å²) >= 11 is 0. The summed E-state index contributed by atoms with van der Waals surface area (Å²) in [5, 5.41) is -0.898. The van der Waals surface area contributed by atoms with Crippen molar-refractivity contribution in [2.24, 2.45) is 0 Å². The molecule has 0 saturated heterocycles. The molecule has 0 aliphatic carbocycles. The predicted octanol–water partition coefficient (Wildman–Crippen LogP) is 12.5. The fourth-order valence-electron chi connectivity index (χ4n) is 6.34. The SMILES string of the molecule is [2H]c1c([2H])c2c([2H])c([2H])c3c([2H])c([2H])c(-c4cccc(-c5ccccc5-c5c([2H])c([2H])c6c([2H])c([2H])c7c([2H])c([2H])c([2H])c8c([2H])c([2H])c5c6c78)c4)c4c([2H])c([2H])c(c1[2H])c2c34. The first-order valence-corrected chi connectivity index (χ1v) is 13.9. The van der Waals surface area contributed by atoms with Gasteiger partial charge in [0.2, 0.25) is 0 Å². The second kappa shape index (κ2) is 8.89. The summed E-state index contributed by atoms with van der Waals surface area (Å²) in [5.74, 6) is 0. The Hall–Kier alpha value is -5.72. The molecule has 0 nitrogen and oxygen atoms in total. The highest BCUT2D eigenvalue weighted by Gasteiger charge is 2.16. The largest absolute Gasteiger partial charge is 0.0630 e. The van der Waals surface area contributed by atoms with Crippen molar-refractivity contribution in [1.29, 1.82) is 0 Å². The van der Waals surface area contributed by atoms with Gasteiger partial charge in [-0.1, -0.05) is 151 Å². The zero-order valence-electron chi connectivity index (χ0n) is 40.6. The quantitative estimate of drug-likeness (QED) is 0.185. The molecule has 202 valence electrons. The van der Waals surface area contributed by atoms with Crippen molar-refractivity contribution in [1.82, 2.24) is 0 Å². The molecule has 0 atom stereocenters. The molecule has 0 amide bonds. The van der Waals surface area contributed by atoms with Gasteiger partial charge in [0.05, 0.1) is 24.7 Å². The monoisotopic (exact) mass is 572 g/mol.